The molecule has 1 aliphatic carbocycles. The van der Waals surface area contributed by atoms with E-state index in [-0.39, 0.29) is 11.9 Å². The monoisotopic (exact) mass is 276 g/mol. The Morgan fingerprint density at radius 3 is 2.50 bits per heavy atom. The molecular formula is C16H24N2O2. The van der Waals surface area contributed by atoms with Gasteiger partial charge in [-0.1, -0.05) is 32.1 Å². The van der Waals surface area contributed by atoms with Crippen LogP contribution in [0.4, 0.5) is 5.69 Å². The Balaban J connectivity index is 1.95. The number of nitrogens with one attached hydrogen (secondary N) is 1. The lowest BCUT2D eigenvalue weighted by molar-refractivity contribution is -0.119. The van der Waals surface area contributed by atoms with Gasteiger partial charge in [-0.15, -0.1) is 0 Å². The first-order valence-electron chi connectivity index (χ1n) is 7.39. The molecule has 1 amide bonds. The normalized spacial score (nSPS) is 17.4. The first-order chi connectivity index (χ1) is 9.69. The first kappa shape index (κ1) is 14.7. The van der Waals surface area contributed by atoms with Crippen LogP contribution in [0.3, 0.4) is 0 Å². The molecule has 1 saturated carbocycles. The van der Waals surface area contributed by atoms with Crippen LogP contribution in [0.5, 0.6) is 5.75 Å². The summed E-state index contributed by atoms with van der Waals surface area (Å²) >= 11 is 0. The maximum Gasteiger partial charge on any atom is 0.239 e. The molecule has 1 atom stereocenters. The number of carbonyl (C=O) groups excluding carboxylic acids is 1. The van der Waals surface area contributed by atoms with Crippen LogP contribution < -0.4 is 15.8 Å². The van der Waals surface area contributed by atoms with Crippen molar-refractivity contribution in [1.29, 1.82) is 0 Å². The van der Waals surface area contributed by atoms with Gasteiger partial charge in [0.15, 0.2) is 0 Å². The number of benzene rings is 1. The van der Waals surface area contributed by atoms with E-state index >= 15 is 0 Å². The summed E-state index contributed by atoms with van der Waals surface area (Å²) in [5.74, 6) is 1.15. The van der Waals surface area contributed by atoms with E-state index in [0.717, 1.165) is 17.9 Å². The summed E-state index contributed by atoms with van der Waals surface area (Å²) in [6.07, 6.45) is 7.14. The van der Waals surface area contributed by atoms with Crippen molar-refractivity contribution in [2.75, 3.05) is 12.4 Å². The predicted octanol–water partition coefficient (Wildman–Crippen LogP) is 2.93. The van der Waals surface area contributed by atoms with Crippen molar-refractivity contribution < 1.29 is 9.53 Å². The number of hydrogen-bond donors (Lipinski definition) is 2. The molecule has 1 aromatic carbocycles. The average molecular weight is 276 g/mol. The molecule has 3 N–H and O–H groups in total. The van der Waals surface area contributed by atoms with E-state index in [2.05, 4.69) is 5.32 Å². The fourth-order valence-electron chi connectivity index (χ4n) is 2.89. The lowest BCUT2D eigenvalue weighted by Crippen LogP contribution is -2.37. The lowest BCUT2D eigenvalue weighted by Gasteiger charge is -2.26. The van der Waals surface area contributed by atoms with Gasteiger partial charge in [-0.05, 0) is 36.6 Å². The smallest absolute Gasteiger partial charge is 0.239 e. The van der Waals surface area contributed by atoms with Crippen molar-refractivity contribution in [3.8, 4) is 5.75 Å². The average Bonchev–Trinajstić information content (AvgIpc) is 2.48. The third-order valence-corrected chi connectivity index (χ3v) is 4.07. The third-order valence-electron chi connectivity index (χ3n) is 4.07. The second-order valence-corrected chi connectivity index (χ2v) is 5.57. The van der Waals surface area contributed by atoms with Gasteiger partial charge in [0.05, 0.1) is 7.11 Å². The highest BCUT2D eigenvalue weighted by Crippen LogP contribution is 2.28. The van der Waals surface area contributed by atoms with Crippen LogP contribution in [0.25, 0.3) is 0 Å². The molecule has 4 nitrogen and oxygen atoms in total. The minimum atomic E-state index is -0.286. The van der Waals surface area contributed by atoms with E-state index in [4.69, 9.17) is 10.5 Å². The summed E-state index contributed by atoms with van der Waals surface area (Å²) in [6, 6.07) is 7.29. The highest BCUT2D eigenvalue weighted by atomic mass is 16.5. The highest BCUT2D eigenvalue weighted by Gasteiger charge is 2.22. The SMILES string of the molecule is COc1ccc(NC(CC2CCCCC2)C(N)=O)cc1. The van der Waals surface area contributed by atoms with E-state index in [9.17, 15) is 4.79 Å². The van der Waals surface area contributed by atoms with Crippen LogP contribution in [-0.4, -0.2) is 19.1 Å². The van der Waals surface area contributed by atoms with Crippen LogP contribution in [0, 0.1) is 5.92 Å². The van der Waals surface area contributed by atoms with E-state index in [0.29, 0.717) is 5.92 Å². The highest BCUT2D eigenvalue weighted by molar-refractivity contribution is 5.82. The topological polar surface area (TPSA) is 64.3 Å². The van der Waals surface area contributed by atoms with Crippen molar-refractivity contribution >= 4 is 11.6 Å². The molecule has 1 fully saturated rings. The molecule has 20 heavy (non-hydrogen) atoms. The molecule has 0 bridgehead atoms. The van der Waals surface area contributed by atoms with Gasteiger partial charge in [0, 0.05) is 5.69 Å². The third kappa shape index (κ3) is 4.15. The second-order valence-electron chi connectivity index (χ2n) is 5.57. The molecule has 0 saturated heterocycles. The van der Waals surface area contributed by atoms with E-state index in [1.807, 2.05) is 24.3 Å². The van der Waals surface area contributed by atoms with Gasteiger partial charge < -0.3 is 15.8 Å². The summed E-state index contributed by atoms with van der Waals surface area (Å²) in [7, 11) is 1.64. The maximum atomic E-state index is 11.6. The molecule has 4 heteroatoms. The largest absolute Gasteiger partial charge is 0.497 e. The molecule has 110 valence electrons. The van der Waals surface area contributed by atoms with Gasteiger partial charge >= 0.3 is 0 Å². The fraction of sp³-hybridized carbons (Fsp3) is 0.562. The van der Waals surface area contributed by atoms with Crippen molar-refractivity contribution in [2.24, 2.45) is 11.7 Å². The van der Waals surface area contributed by atoms with Crippen LogP contribution in [0.15, 0.2) is 24.3 Å². The summed E-state index contributed by atoms with van der Waals surface area (Å²) < 4.78 is 5.12. The number of ether oxygens (including phenoxy) is 1. The predicted molar refractivity (Wildman–Crippen MR) is 80.8 cm³/mol. The Morgan fingerprint density at radius 1 is 1.30 bits per heavy atom. The second kappa shape index (κ2) is 7.17. The Bertz CT molecular complexity index is 425. The summed E-state index contributed by atoms with van der Waals surface area (Å²) in [6.45, 7) is 0. The standard InChI is InChI=1S/C16H24N2O2/c1-20-14-9-7-13(8-10-14)18-15(16(17)19)11-12-5-3-2-4-6-12/h7-10,12,15,18H,2-6,11H2,1H3,(H2,17,19). The minimum absolute atomic E-state index is 0.272. The molecule has 0 aromatic heterocycles. The molecule has 1 unspecified atom stereocenters. The van der Waals surface area contributed by atoms with Gasteiger partial charge in [-0.25, -0.2) is 0 Å². The zero-order valence-electron chi connectivity index (χ0n) is 12.1. The van der Waals surface area contributed by atoms with Gasteiger partial charge in [0.2, 0.25) is 5.91 Å². The Hall–Kier alpha value is -1.71. The molecule has 1 aliphatic rings. The van der Waals surface area contributed by atoms with Crippen molar-refractivity contribution in [1.82, 2.24) is 0 Å². The molecule has 2 rings (SSSR count). The van der Waals surface area contributed by atoms with Crippen molar-refractivity contribution in [3.05, 3.63) is 24.3 Å². The number of anilines is 1. The zero-order chi connectivity index (χ0) is 14.4. The molecule has 1 aromatic rings. The summed E-state index contributed by atoms with van der Waals surface area (Å²) in [5, 5.41) is 3.25. The number of methoxy groups -OCH3 is 1. The number of hydrogen-bond acceptors (Lipinski definition) is 3. The van der Waals surface area contributed by atoms with Crippen molar-refractivity contribution in [2.45, 2.75) is 44.6 Å². The van der Waals surface area contributed by atoms with Crippen LogP contribution in [0.2, 0.25) is 0 Å². The number of nitrogens with two attached hydrogens (primary N) is 1. The van der Waals surface area contributed by atoms with E-state index < -0.39 is 0 Å². The summed E-state index contributed by atoms with van der Waals surface area (Å²) in [4.78, 5) is 11.6. The van der Waals surface area contributed by atoms with Gasteiger partial charge in [0.25, 0.3) is 0 Å². The minimum Gasteiger partial charge on any atom is -0.497 e. The quantitative estimate of drug-likeness (QED) is 0.839. The Kier molecular flexibility index (Phi) is 5.27. The molecular weight excluding hydrogens is 252 g/mol. The van der Waals surface area contributed by atoms with Crippen LogP contribution in [0.1, 0.15) is 38.5 Å². The maximum absolute atomic E-state index is 11.6. The van der Waals surface area contributed by atoms with Gasteiger partial charge in [0.1, 0.15) is 11.8 Å². The first-order valence-corrected chi connectivity index (χ1v) is 7.39. The molecule has 0 radical (unpaired) electrons. The fourth-order valence-corrected chi connectivity index (χ4v) is 2.89. The summed E-state index contributed by atoms with van der Waals surface area (Å²) in [5.41, 5.74) is 6.44. The number of carbonyl (C=O) groups is 1. The Labute approximate surface area is 120 Å². The van der Waals surface area contributed by atoms with E-state index in [1.165, 1.54) is 32.1 Å². The lowest BCUT2D eigenvalue weighted by atomic mass is 9.84. The zero-order valence-corrected chi connectivity index (χ0v) is 12.1. The number of amides is 1. The number of rotatable bonds is 6. The van der Waals surface area contributed by atoms with Gasteiger partial charge in [-0.2, -0.15) is 0 Å². The van der Waals surface area contributed by atoms with E-state index in [1.54, 1.807) is 7.11 Å². The molecule has 0 heterocycles. The van der Waals surface area contributed by atoms with Crippen LogP contribution >= 0.6 is 0 Å². The number of primary amides is 1. The van der Waals surface area contributed by atoms with Gasteiger partial charge in [-0.3, -0.25) is 4.79 Å². The van der Waals surface area contributed by atoms with Crippen molar-refractivity contribution in [3.63, 3.8) is 0 Å². The molecule has 0 aliphatic heterocycles. The van der Waals surface area contributed by atoms with Crippen LogP contribution in [-0.2, 0) is 4.79 Å². The Morgan fingerprint density at radius 2 is 1.95 bits per heavy atom. The molecule has 0 spiro atoms.